The Balaban J connectivity index is 2.33. The molecule has 0 fully saturated rings. The lowest BCUT2D eigenvalue weighted by Gasteiger charge is -2.20. The van der Waals surface area contributed by atoms with E-state index in [2.05, 4.69) is 10.4 Å². The minimum absolute atomic E-state index is 0.257. The fourth-order valence-electron chi connectivity index (χ4n) is 1.88. The number of halogens is 1. The zero-order valence-electron chi connectivity index (χ0n) is 13.3. The summed E-state index contributed by atoms with van der Waals surface area (Å²) in [5.74, 6) is -0.493. The molecule has 0 bridgehead atoms. The highest BCUT2D eigenvalue weighted by Crippen LogP contribution is 2.26. The Morgan fingerprint density at radius 3 is 2.70 bits per heavy atom. The van der Waals surface area contributed by atoms with Gasteiger partial charge in [-0.05, 0) is 33.8 Å². The van der Waals surface area contributed by atoms with Gasteiger partial charge >= 0.3 is 12.1 Å². The van der Waals surface area contributed by atoms with Crippen LogP contribution in [-0.2, 0) is 9.47 Å². The fourth-order valence-corrected chi connectivity index (χ4v) is 2.07. The largest absolute Gasteiger partial charge is 0.462 e. The highest BCUT2D eigenvalue weighted by Gasteiger charge is 2.19. The van der Waals surface area contributed by atoms with Gasteiger partial charge in [-0.2, -0.15) is 5.10 Å². The predicted octanol–water partition coefficient (Wildman–Crippen LogP) is 3.51. The number of hydrogen-bond donors (Lipinski definition) is 1. The van der Waals surface area contributed by atoms with Crippen LogP contribution < -0.4 is 5.32 Å². The van der Waals surface area contributed by atoms with E-state index in [1.807, 2.05) is 0 Å². The Morgan fingerprint density at radius 2 is 2.09 bits per heavy atom. The van der Waals surface area contributed by atoms with E-state index in [4.69, 9.17) is 21.1 Å². The molecule has 2 rings (SSSR count). The number of ether oxygens (including phenoxy) is 2. The lowest BCUT2D eigenvalue weighted by atomic mass is 10.2. The van der Waals surface area contributed by atoms with Crippen LogP contribution in [0.4, 0.5) is 10.5 Å². The van der Waals surface area contributed by atoms with Gasteiger partial charge in [-0.3, -0.25) is 5.32 Å². The molecule has 1 amide bonds. The fraction of sp³-hybridized carbons (Fsp3) is 0.400. The van der Waals surface area contributed by atoms with Crippen molar-refractivity contribution in [2.24, 2.45) is 0 Å². The van der Waals surface area contributed by atoms with Crippen molar-refractivity contribution in [2.45, 2.75) is 33.3 Å². The van der Waals surface area contributed by atoms with E-state index in [-0.39, 0.29) is 17.2 Å². The third-order valence-corrected chi connectivity index (χ3v) is 3.04. The number of rotatable bonds is 3. The van der Waals surface area contributed by atoms with Crippen molar-refractivity contribution >= 4 is 34.9 Å². The Morgan fingerprint density at radius 1 is 1.39 bits per heavy atom. The summed E-state index contributed by atoms with van der Waals surface area (Å²) in [6.07, 6.45) is 2.24. The van der Waals surface area contributed by atoms with Crippen molar-refractivity contribution in [3.63, 3.8) is 0 Å². The number of hydrogen-bond acceptors (Lipinski definition) is 5. The number of fused-ring (bicyclic) bond motifs is 1. The van der Waals surface area contributed by atoms with Gasteiger partial charge in [0.15, 0.2) is 0 Å². The molecule has 0 radical (unpaired) electrons. The second-order valence-electron chi connectivity index (χ2n) is 5.77. The monoisotopic (exact) mass is 339 g/mol. The Kier molecular flexibility index (Phi) is 4.79. The molecule has 124 valence electrons. The van der Waals surface area contributed by atoms with Crippen LogP contribution in [0.2, 0.25) is 5.02 Å². The van der Waals surface area contributed by atoms with Crippen LogP contribution in [0, 0.1) is 0 Å². The molecule has 2 heterocycles. The van der Waals surface area contributed by atoms with Crippen LogP contribution in [0.25, 0.3) is 5.52 Å². The highest BCUT2D eigenvalue weighted by atomic mass is 35.5. The number of pyridine rings is 1. The number of carbonyl (C=O) groups excluding carboxylic acids is 2. The molecule has 7 nitrogen and oxygen atoms in total. The Bertz CT molecular complexity index is 749. The molecule has 8 heteroatoms. The van der Waals surface area contributed by atoms with Crippen LogP contribution in [0.15, 0.2) is 18.5 Å². The van der Waals surface area contributed by atoms with E-state index in [0.717, 1.165) is 0 Å². The van der Waals surface area contributed by atoms with Crippen molar-refractivity contribution in [3.05, 3.63) is 29.0 Å². The van der Waals surface area contributed by atoms with Crippen LogP contribution in [-0.4, -0.2) is 33.9 Å². The van der Waals surface area contributed by atoms with Gasteiger partial charge in [-0.1, -0.05) is 11.6 Å². The Labute approximate surface area is 138 Å². The SMILES string of the molecule is CCOC(=O)c1cnn2cc(Cl)c(NC(=O)OC(C)(C)C)cc12. The zero-order valence-corrected chi connectivity index (χ0v) is 14.1. The zero-order chi connectivity index (χ0) is 17.2. The Hall–Kier alpha value is -2.28. The van der Waals surface area contributed by atoms with Crippen molar-refractivity contribution in [3.8, 4) is 0 Å². The summed E-state index contributed by atoms with van der Waals surface area (Å²) in [7, 11) is 0. The van der Waals surface area contributed by atoms with E-state index in [1.54, 1.807) is 33.8 Å². The third kappa shape index (κ3) is 4.13. The molecule has 0 unspecified atom stereocenters. The van der Waals surface area contributed by atoms with Crippen LogP contribution >= 0.6 is 11.6 Å². The highest BCUT2D eigenvalue weighted by molar-refractivity contribution is 6.33. The molecule has 23 heavy (non-hydrogen) atoms. The summed E-state index contributed by atoms with van der Waals surface area (Å²) in [5, 5.41) is 6.88. The number of carbonyl (C=O) groups is 2. The maximum Gasteiger partial charge on any atom is 0.412 e. The van der Waals surface area contributed by atoms with Gasteiger partial charge in [0, 0.05) is 6.20 Å². The molecule has 1 N–H and O–H groups in total. The lowest BCUT2D eigenvalue weighted by molar-refractivity contribution is 0.0528. The second kappa shape index (κ2) is 6.45. The van der Waals surface area contributed by atoms with Crippen molar-refractivity contribution < 1.29 is 19.1 Å². The molecule has 0 aliphatic carbocycles. The summed E-state index contributed by atoms with van der Waals surface area (Å²) < 4.78 is 11.6. The van der Waals surface area contributed by atoms with Gasteiger partial charge in [-0.25, -0.2) is 14.1 Å². The first-order valence-electron chi connectivity index (χ1n) is 7.05. The number of nitrogens with one attached hydrogen (secondary N) is 1. The van der Waals surface area contributed by atoms with Crippen LogP contribution in [0.5, 0.6) is 0 Å². The first-order chi connectivity index (χ1) is 10.7. The van der Waals surface area contributed by atoms with Crippen molar-refractivity contribution in [2.75, 3.05) is 11.9 Å². The molecule has 2 aromatic rings. The number of anilines is 1. The van der Waals surface area contributed by atoms with Gasteiger partial charge in [0.25, 0.3) is 0 Å². The summed E-state index contributed by atoms with van der Waals surface area (Å²) in [6.45, 7) is 7.25. The molecule has 0 aromatic carbocycles. The van der Waals surface area contributed by atoms with E-state index < -0.39 is 17.7 Å². The topological polar surface area (TPSA) is 81.9 Å². The second-order valence-corrected chi connectivity index (χ2v) is 6.18. The average molecular weight is 340 g/mol. The predicted molar refractivity (Wildman–Crippen MR) is 86.0 cm³/mol. The van der Waals surface area contributed by atoms with E-state index >= 15 is 0 Å². The third-order valence-electron chi connectivity index (χ3n) is 2.74. The molecule has 0 aliphatic rings. The molecular formula is C15H18ClN3O4. The number of nitrogens with zero attached hydrogens (tertiary/aromatic N) is 2. The van der Waals surface area contributed by atoms with Crippen LogP contribution in [0.3, 0.4) is 0 Å². The molecule has 2 aromatic heterocycles. The molecule has 0 spiro atoms. The molecule has 0 aliphatic heterocycles. The first-order valence-corrected chi connectivity index (χ1v) is 7.43. The van der Waals surface area contributed by atoms with E-state index in [0.29, 0.717) is 11.2 Å². The van der Waals surface area contributed by atoms with Crippen molar-refractivity contribution in [1.29, 1.82) is 0 Å². The number of esters is 1. The van der Waals surface area contributed by atoms with E-state index in [1.165, 1.54) is 16.9 Å². The minimum Gasteiger partial charge on any atom is -0.462 e. The molecule has 0 saturated carbocycles. The molecule has 0 saturated heterocycles. The summed E-state index contributed by atoms with van der Waals surface area (Å²) in [5.41, 5.74) is 0.446. The maximum absolute atomic E-state index is 11.9. The standard InChI is InChI=1S/C15H18ClN3O4/c1-5-22-13(20)9-7-17-19-8-10(16)11(6-12(9)19)18-14(21)23-15(2,3)4/h6-8H,5H2,1-4H3,(H,18,21). The average Bonchev–Trinajstić information content (AvgIpc) is 2.80. The molecule has 0 atom stereocenters. The smallest absolute Gasteiger partial charge is 0.412 e. The summed E-state index contributed by atoms with van der Waals surface area (Å²) in [4.78, 5) is 23.8. The van der Waals surface area contributed by atoms with Gasteiger partial charge in [0.1, 0.15) is 11.2 Å². The van der Waals surface area contributed by atoms with Crippen LogP contribution in [0.1, 0.15) is 38.1 Å². The van der Waals surface area contributed by atoms with Gasteiger partial charge in [-0.15, -0.1) is 0 Å². The summed E-state index contributed by atoms with van der Waals surface area (Å²) in [6, 6.07) is 1.55. The van der Waals surface area contributed by atoms with Gasteiger partial charge in [0.05, 0.1) is 29.0 Å². The van der Waals surface area contributed by atoms with Gasteiger partial charge in [0.2, 0.25) is 0 Å². The summed E-state index contributed by atoms with van der Waals surface area (Å²) >= 11 is 6.12. The number of aromatic nitrogens is 2. The van der Waals surface area contributed by atoms with Crippen molar-refractivity contribution in [1.82, 2.24) is 9.61 Å². The lowest BCUT2D eigenvalue weighted by Crippen LogP contribution is -2.27. The first kappa shape index (κ1) is 17.1. The maximum atomic E-state index is 11.9. The van der Waals surface area contributed by atoms with Gasteiger partial charge < -0.3 is 9.47 Å². The molecular weight excluding hydrogens is 322 g/mol. The van der Waals surface area contributed by atoms with E-state index in [9.17, 15) is 9.59 Å². The normalized spacial score (nSPS) is 11.3. The quantitative estimate of drug-likeness (QED) is 0.865. The number of amides is 1. The minimum atomic E-state index is -0.638.